The van der Waals surface area contributed by atoms with Crippen LogP contribution < -0.4 is 24.3 Å². The van der Waals surface area contributed by atoms with Crippen molar-refractivity contribution in [1.82, 2.24) is 5.32 Å². The van der Waals surface area contributed by atoms with Gasteiger partial charge in [-0.2, -0.15) is 0 Å². The zero-order chi connectivity index (χ0) is 39.0. The summed E-state index contributed by atoms with van der Waals surface area (Å²) in [6.45, 7) is 2.08. The normalized spacial score (nSPS) is 12.6. The summed E-state index contributed by atoms with van der Waals surface area (Å²) in [5.74, 6) is 0.707. The topological polar surface area (TPSA) is 153 Å². The van der Waals surface area contributed by atoms with Crippen LogP contribution in [0.4, 0.5) is 0 Å². The zero-order valence-corrected chi connectivity index (χ0v) is 31.3. The average Bonchev–Trinajstić information content (AvgIpc) is 3.68. The van der Waals surface area contributed by atoms with E-state index < -0.39 is 17.0 Å². The minimum Gasteiger partial charge on any atom is -0.493 e. The third kappa shape index (κ3) is 17.7. The van der Waals surface area contributed by atoms with Gasteiger partial charge >= 0.3 is 11.9 Å². The van der Waals surface area contributed by atoms with Crippen LogP contribution in [0.5, 0.6) is 23.0 Å². The van der Waals surface area contributed by atoms with Gasteiger partial charge in [0.2, 0.25) is 5.91 Å². The van der Waals surface area contributed by atoms with Crippen molar-refractivity contribution in [3.05, 3.63) is 123 Å². The quantitative estimate of drug-likeness (QED) is 0.0239. The molecule has 0 aliphatic heterocycles. The molecule has 0 radical (unpaired) electrons. The number of esters is 2. The highest BCUT2D eigenvalue weighted by atomic mass is 35.5. The van der Waals surface area contributed by atoms with Crippen molar-refractivity contribution in [2.24, 2.45) is 5.92 Å². The maximum Gasteiger partial charge on any atom is 0.336 e. The first-order valence-corrected chi connectivity index (χ1v) is 18.1. The zero-order valence-electron chi connectivity index (χ0n) is 30.6. The van der Waals surface area contributed by atoms with Gasteiger partial charge in [-0.3, -0.25) is 4.79 Å². The number of nitrogens with zero attached hydrogens (tertiary/aromatic N) is 1. The second kappa shape index (κ2) is 24.6. The summed E-state index contributed by atoms with van der Waals surface area (Å²) < 4.78 is 21.4. The first kappa shape index (κ1) is 42.8. The van der Waals surface area contributed by atoms with Gasteiger partial charge in [0.15, 0.2) is 11.5 Å². The SMILES string of the molecule is C/C=C\CCCC(=O)NCC(=O)Oc1ccc(/C=C/C(=O)Oc2cccc(CO[N+](=O)[O-])c2)cc1OC.Clc1cccc(OCC/C=C/C2CCCC2)c1. The molecule has 0 unspecified atom stereocenters. The molecular weight excluding hydrogens is 716 g/mol. The van der Waals surface area contributed by atoms with Crippen molar-refractivity contribution in [2.75, 3.05) is 20.3 Å². The molecule has 1 saturated carbocycles. The predicted octanol–water partition coefficient (Wildman–Crippen LogP) is 8.65. The molecule has 3 aromatic rings. The van der Waals surface area contributed by atoms with E-state index >= 15 is 0 Å². The fourth-order valence-corrected chi connectivity index (χ4v) is 5.40. The van der Waals surface area contributed by atoms with Crippen LogP contribution in [0.3, 0.4) is 0 Å². The van der Waals surface area contributed by atoms with Gasteiger partial charge in [0.25, 0.3) is 5.09 Å². The number of carbonyl (C=O) groups is 3. The number of benzene rings is 3. The van der Waals surface area contributed by atoms with E-state index in [1.54, 1.807) is 24.3 Å². The summed E-state index contributed by atoms with van der Waals surface area (Å²) >= 11 is 5.88. The van der Waals surface area contributed by atoms with E-state index in [4.69, 9.17) is 30.5 Å². The molecule has 13 heteroatoms. The molecule has 4 rings (SSSR count). The van der Waals surface area contributed by atoms with E-state index in [0.717, 1.165) is 36.1 Å². The number of halogens is 1. The predicted molar refractivity (Wildman–Crippen MR) is 206 cm³/mol. The maximum atomic E-state index is 12.2. The molecule has 0 bridgehead atoms. The molecule has 288 valence electrons. The second-order valence-electron chi connectivity index (χ2n) is 12.1. The Bertz CT molecular complexity index is 1750. The van der Waals surface area contributed by atoms with Crippen molar-refractivity contribution in [1.29, 1.82) is 0 Å². The Morgan fingerprint density at radius 3 is 2.46 bits per heavy atom. The molecule has 0 spiro atoms. The van der Waals surface area contributed by atoms with Crippen LogP contribution in [0.1, 0.15) is 69.4 Å². The van der Waals surface area contributed by atoms with E-state index in [2.05, 4.69) is 22.3 Å². The Hall–Kier alpha value is -5.62. The van der Waals surface area contributed by atoms with Crippen LogP contribution in [0, 0.1) is 16.0 Å². The summed E-state index contributed by atoms with van der Waals surface area (Å²) in [5.41, 5.74) is 1.03. The molecule has 3 aromatic carbocycles. The Balaban J connectivity index is 0.000000381. The number of amides is 1. The van der Waals surface area contributed by atoms with Crippen LogP contribution in [0.15, 0.2) is 97.1 Å². The highest BCUT2D eigenvalue weighted by Crippen LogP contribution is 2.29. The minimum absolute atomic E-state index is 0.156. The van der Waals surface area contributed by atoms with E-state index in [-0.39, 0.29) is 36.3 Å². The van der Waals surface area contributed by atoms with Gasteiger partial charge < -0.3 is 29.1 Å². The molecule has 1 fully saturated rings. The third-order valence-corrected chi connectivity index (χ3v) is 8.11. The minimum atomic E-state index is -0.908. The van der Waals surface area contributed by atoms with Crippen molar-refractivity contribution < 1.29 is 43.3 Å². The lowest BCUT2D eigenvalue weighted by atomic mass is 10.1. The fraction of sp³-hybridized carbons (Fsp3) is 0.341. The van der Waals surface area contributed by atoms with Gasteiger partial charge in [-0.1, -0.05) is 73.0 Å². The lowest BCUT2D eigenvalue weighted by Gasteiger charge is -2.10. The molecule has 1 aliphatic rings. The standard InChI is InChI=1S/C26H28N2O9.C15H19ClO/c1-3-4-5-6-10-24(29)27-17-26(31)37-22-13-11-19(16-23(22)34-2)12-14-25(30)36-21-9-7-8-20(15-21)18-35-28(32)33;16-14-9-5-10-15(12-14)17-11-4-3-8-13-6-1-2-7-13/h3-4,7-9,11-16H,5-6,10,17-18H2,1-2H3,(H,27,29);3,5,8-10,12-13H,1-2,4,6-7,11H2/b4-3-,14-12+;8-3+. The van der Waals surface area contributed by atoms with Crippen LogP contribution in [0.2, 0.25) is 5.02 Å². The number of unbranched alkanes of at least 4 members (excludes halogenated alkanes) is 1. The molecule has 0 aromatic heterocycles. The summed E-state index contributed by atoms with van der Waals surface area (Å²) in [6, 6.07) is 18.4. The van der Waals surface area contributed by atoms with Crippen LogP contribution in [-0.4, -0.2) is 43.2 Å². The van der Waals surface area contributed by atoms with Gasteiger partial charge in [0, 0.05) is 17.5 Å². The number of hydrogen-bond acceptors (Lipinski definition) is 10. The lowest BCUT2D eigenvalue weighted by Crippen LogP contribution is -2.31. The van der Waals surface area contributed by atoms with Crippen molar-refractivity contribution >= 4 is 35.5 Å². The first-order valence-electron chi connectivity index (χ1n) is 17.7. The molecule has 0 atom stereocenters. The highest BCUT2D eigenvalue weighted by Gasteiger charge is 2.13. The van der Waals surface area contributed by atoms with Gasteiger partial charge in [-0.25, -0.2) is 9.59 Å². The highest BCUT2D eigenvalue weighted by molar-refractivity contribution is 6.30. The first-order chi connectivity index (χ1) is 26.1. The van der Waals surface area contributed by atoms with Crippen LogP contribution >= 0.6 is 11.6 Å². The summed E-state index contributed by atoms with van der Waals surface area (Å²) in [5, 5.41) is 12.7. The van der Waals surface area contributed by atoms with Crippen LogP contribution in [0.25, 0.3) is 6.08 Å². The monoisotopic (exact) mass is 762 g/mol. The number of ether oxygens (including phenoxy) is 4. The van der Waals surface area contributed by atoms with E-state index in [0.29, 0.717) is 24.0 Å². The van der Waals surface area contributed by atoms with Crippen molar-refractivity contribution in [3.8, 4) is 23.0 Å². The molecule has 12 nitrogen and oxygen atoms in total. The Kier molecular flexibility index (Phi) is 19.5. The number of methoxy groups -OCH3 is 1. The van der Waals surface area contributed by atoms with E-state index in [9.17, 15) is 24.5 Å². The smallest absolute Gasteiger partial charge is 0.336 e. The summed E-state index contributed by atoms with van der Waals surface area (Å²) in [6.07, 6.45) is 19.4. The number of rotatable bonds is 19. The number of hydrogen-bond donors (Lipinski definition) is 1. The molecule has 1 aliphatic carbocycles. The molecular formula is C41H47ClN2O10. The summed E-state index contributed by atoms with van der Waals surface area (Å²) in [7, 11) is 1.40. The number of nitrogens with one attached hydrogen (secondary N) is 1. The van der Waals surface area contributed by atoms with E-state index in [1.807, 2.05) is 43.3 Å². The fourth-order valence-electron chi connectivity index (χ4n) is 5.22. The van der Waals surface area contributed by atoms with Crippen molar-refractivity contribution in [2.45, 2.75) is 64.9 Å². The van der Waals surface area contributed by atoms with Gasteiger partial charge in [0.05, 0.1) is 13.7 Å². The molecule has 1 amide bonds. The third-order valence-electron chi connectivity index (χ3n) is 7.87. The summed E-state index contributed by atoms with van der Waals surface area (Å²) in [4.78, 5) is 50.7. The number of allylic oxidation sites excluding steroid dienone is 3. The molecule has 0 heterocycles. The maximum absolute atomic E-state index is 12.2. The Labute approximate surface area is 320 Å². The number of carbonyl (C=O) groups excluding carboxylic acids is 3. The molecule has 1 N–H and O–H groups in total. The lowest BCUT2D eigenvalue weighted by molar-refractivity contribution is -0.763. The average molecular weight is 763 g/mol. The second-order valence-corrected chi connectivity index (χ2v) is 12.5. The van der Waals surface area contributed by atoms with Gasteiger partial charge in [0.1, 0.15) is 24.7 Å². The largest absolute Gasteiger partial charge is 0.493 e. The Morgan fingerprint density at radius 2 is 1.72 bits per heavy atom. The van der Waals surface area contributed by atoms with Crippen molar-refractivity contribution in [3.63, 3.8) is 0 Å². The molecule has 0 saturated heterocycles. The Morgan fingerprint density at radius 1 is 0.944 bits per heavy atom. The van der Waals surface area contributed by atoms with E-state index in [1.165, 1.54) is 63.1 Å². The van der Waals surface area contributed by atoms with Gasteiger partial charge in [-0.15, -0.1) is 10.1 Å². The molecule has 54 heavy (non-hydrogen) atoms. The van der Waals surface area contributed by atoms with Gasteiger partial charge in [-0.05, 0) is 105 Å². The van der Waals surface area contributed by atoms with Crippen LogP contribution in [-0.2, 0) is 25.8 Å².